The van der Waals surface area contributed by atoms with E-state index in [0.29, 0.717) is 19.4 Å². The number of carbonyl (C=O) groups is 2. The van der Waals surface area contributed by atoms with Gasteiger partial charge in [-0.3, -0.25) is 4.98 Å². The fourth-order valence-electron chi connectivity index (χ4n) is 1.44. The fraction of sp³-hybridized carbons (Fsp3) is 0.417. The summed E-state index contributed by atoms with van der Waals surface area (Å²) in [5.74, 6) is -1.02. The third kappa shape index (κ3) is 4.82. The molecule has 1 aromatic heterocycles. The van der Waals surface area contributed by atoms with Gasteiger partial charge in [-0.15, -0.1) is 0 Å². The second kappa shape index (κ2) is 7.26. The van der Waals surface area contributed by atoms with Gasteiger partial charge in [-0.05, 0) is 18.1 Å². The smallest absolute Gasteiger partial charge is 0.326 e. The molecular formula is C12H17N3O3. The molecule has 1 aromatic rings. The summed E-state index contributed by atoms with van der Waals surface area (Å²) in [5.41, 5.74) is 0.856. The van der Waals surface area contributed by atoms with E-state index in [2.05, 4.69) is 15.6 Å². The molecule has 0 saturated carbocycles. The Hall–Kier alpha value is -2.11. The Kier molecular flexibility index (Phi) is 5.63. The highest BCUT2D eigenvalue weighted by Gasteiger charge is 2.18. The average molecular weight is 251 g/mol. The van der Waals surface area contributed by atoms with E-state index in [1.807, 2.05) is 13.0 Å². The van der Waals surface area contributed by atoms with Crippen LogP contribution in [0.5, 0.6) is 0 Å². The molecule has 0 bridgehead atoms. The average Bonchev–Trinajstić information content (AvgIpc) is 2.37. The molecule has 1 rings (SSSR count). The van der Waals surface area contributed by atoms with Crippen molar-refractivity contribution >= 4 is 12.0 Å². The lowest BCUT2D eigenvalue weighted by Gasteiger charge is -2.14. The van der Waals surface area contributed by atoms with Crippen molar-refractivity contribution in [2.45, 2.75) is 32.4 Å². The second-order valence-electron chi connectivity index (χ2n) is 3.87. The van der Waals surface area contributed by atoms with Crippen LogP contribution in [0, 0.1) is 0 Å². The number of hydrogen-bond donors (Lipinski definition) is 3. The summed E-state index contributed by atoms with van der Waals surface area (Å²) >= 11 is 0. The summed E-state index contributed by atoms with van der Waals surface area (Å²) in [6.07, 6.45) is 4.39. The van der Waals surface area contributed by atoms with Gasteiger partial charge in [0.1, 0.15) is 6.04 Å². The van der Waals surface area contributed by atoms with Crippen LogP contribution >= 0.6 is 0 Å². The number of nitrogens with zero attached hydrogens (tertiary/aromatic N) is 1. The van der Waals surface area contributed by atoms with Crippen molar-refractivity contribution in [3.05, 3.63) is 30.1 Å². The molecule has 0 unspecified atom stereocenters. The summed E-state index contributed by atoms with van der Waals surface area (Å²) in [7, 11) is 0. The SMILES string of the molecule is CCC[C@@H](NC(=O)NCc1cccnc1)C(=O)O. The zero-order valence-electron chi connectivity index (χ0n) is 10.2. The maximum Gasteiger partial charge on any atom is 0.326 e. The van der Waals surface area contributed by atoms with Crippen molar-refractivity contribution in [2.75, 3.05) is 0 Å². The van der Waals surface area contributed by atoms with Gasteiger partial charge in [0.05, 0.1) is 0 Å². The summed E-state index contributed by atoms with van der Waals surface area (Å²) in [4.78, 5) is 26.3. The van der Waals surface area contributed by atoms with Gasteiger partial charge in [-0.2, -0.15) is 0 Å². The van der Waals surface area contributed by atoms with Crippen molar-refractivity contribution in [2.24, 2.45) is 0 Å². The highest BCUT2D eigenvalue weighted by atomic mass is 16.4. The van der Waals surface area contributed by atoms with Crippen LogP contribution in [0.3, 0.4) is 0 Å². The number of urea groups is 1. The van der Waals surface area contributed by atoms with Gasteiger partial charge in [0.25, 0.3) is 0 Å². The van der Waals surface area contributed by atoms with Crippen molar-refractivity contribution in [3.8, 4) is 0 Å². The first-order chi connectivity index (χ1) is 8.63. The molecule has 0 aliphatic rings. The van der Waals surface area contributed by atoms with Crippen molar-refractivity contribution in [1.82, 2.24) is 15.6 Å². The number of carboxylic acid groups (broad SMARTS) is 1. The molecule has 1 heterocycles. The van der Waals surface area contributed by atoms with E-state index in [1.165, 1.54) is 0 Å². The van der Waals surface area contributed by atoms with Gasteiger partial charge in [0.2, 0.25) is 0 Å². The van der Waals surface area contributed by atoms with E-state index in [4.69, 9.17) is 5.11 Å². The molecule has 0 aliphatic heterocycles. The lowest BCUT2D eigenvalue weighted by atomic mass is 10.2. The first-order valence-electron chi connectivity index (χ1n) is 5.79. The highest BCUT2D eigenvalue weighted by Crippen LogP contribution is 1.97. The third-order valence-electron chi connectivity index (χ3n) is 2.36. The van der Waals surface area contributed by atoms with Crippen LogP contribution in [0.25, 0.3) is 0 Å². The minimum absolute atomic E-state index is 0.318. The zero-order valence-corrected chi connectivity index (χ0v) is 10.2. The molecule has 2 amide bonds. The molecule has 0 fully saturated rings. The molecule has 18 heavy (non-hydrogen) atoms. The number of carboxylic acids is 1. The van der Waals surface area contributed by atoms with Crippen LogP contribution in [0.15, 0.2) is 24.5 Å². The molecule has 0 spiro atoms. The van der Waals surface area contributed by atoms with Crippen LogP contribution in [-0.2, 0) is 11.3 Å². The van der Waals surface area contributed by atoms with Crippen LogP contribution < -0.4 is 10.6 Å². The van der Waals surface area contributed by atoms with E-state index in [9.17, 15) is 9.59 Å². The predicted octanol–water partition coefficient (Wildman–Crippen LogP) is 1.13. The number of pyridine rings is 1. The van der Waals surface area contributed by atoms with E-state index in [-0.39, 0.29) is 0 Å². The quantitative estimate of drug-likeness (QED) is 0.707. The summed E-state index contributed by atoms with van der Waals surface area (Å²) in [6.45, 7) is 2.18. The molecular weight excluding hydrogens is 234 g/mol. The number of nitrogens with one attached hydrogen (secondary N) is 2. The topological polar surface area (TPSA) is 91.3 Å². The third-order valence-corrected chi connectivity index (χ3v) is 2.36. The Labute approximate surface area is 105 Å². The lowest BCUT2D eigenvalue weighted by Crippen LogP contribution is -2.45. The van der Waals surface area contributed by atoms with Gasteiger partial charge >= 0.3 is 12.0 Å². The Morgan fingerprint density at radius 2 is 2.28 bits per heavy atom. The molecule has 6 heteroatoms. The molecule has 0 radical (unpaired) electrons. The van der Waals surface area contributed by atoms with E-state index < -0.39 is 18.0 Å². The Bertz CT molecular complexity index is 395. The van der Waals surface area contributed by atoms with Gasteiger partial charge in [-0.1, -0.05) is 19.4 Å². The minimum Gasteiger partial charge on any atom is -0.480 e. The molecule has 0 aliphatic carbocycles. The molecule has 98 valence electrons. The van der Waals surface area contributed by atoms with E-state index in [1.54, 1.807) is 18.5 Å². The Balaban J connectivity index is 2.39. The number of aliphatic carboxylic acids is 1. The Morgan fingerprint density at radius 1 is 1.50 bits per heavy atom. The van der Waals surface area contributed by atoms with Gasteiger partial charge < -0.3 is 15.7 Å². The van der Waals surface area contributed by atoms with E-state index >= 15 is 0 Å². The molecule has 0 aromatic carbocycles. The van der Waals surface area contributed by atoms with Gasteiger partial charge in [0.15, 0.2) is 0 Å². The van der Waals surface area contributed by atoms with Crippen molar-refractivity contribution in [1.29, 1.82) is 0 Å². The number of rotatable bonds is 6. The van der Waals surface area contributed by atoms with Crippen LogP contribution in [0.2, 0.25) is 0 Å². The largest absolute Gasteiger partial charge is 0.480 e. The minimum atomic E-state index is -1.02. The zero-order chi connectivity index (χ0) is 13.4. The van der Waals surface area contributed by atoms with E-state index in [0.717, 1.165) is 5.56 Å². The highest BCUT2D eigenvalue weighted by molar-refractivity contribution is 5.82. The summed E-state index contributed by atoms with van der Waals surface area (Å²) in [5, 5.41) is 13.9. The number of aromatic nitrogens is 1. The Morgan fingerprint density at radius 3 is 2.83 bits per heavy atom. The maximum atomic E-state index is 11.5. The van der Waals surface area contributed by atoms with Crippen LogP contribution in [0.1, 0.15) is 25.3 Å². The van der Waals surface area contributed by atoms with Gasteiger partial charge in [0, 0.05) is 18.9 Å². The standard InChI is InChI=1S/C12H17N3O3/c1-2-4-10(11(16)17)15-12(18)14-8-9-5-3-6-13-7-9/h3,5-7,10H,2,4,8H2,1H3,(H,16,17)(H2,14,15,18)/t10-/m1/s1. The number of hydrogen-bond acceptors (Lipinski definition) is 3. The predicted molar refractivity (Wildman–Crippen MR) is 65.9 cm³/mol. The molecule has 1 atom stereocenters. The molecule has 6 nitrogen and oxygen atoms in total. The second-order valence-corrected chi connectivity index (χ2v) is 3.87. The summed E-state index contributed by atoms with van der Waals surface area (Å²) < 4.78 is 0. The van der Waals surface area contributed by atoms with Gasteiger partial charge in [-0.25, -0.2) is 9.59 Å². The van der Waals surface area contributed by atoms with Crippen LogP contribution in [-0.4, -0.2) is 28.1 Å². The lowest BCUT2D eigenvalue weighted by molar-refractivity contribution is -0.139. The normalized spacial score (nSPS) is 11.6. The van der Waals surface area contributed by atoms with Crippen molar-refractivity contribution < 1.29 is 14.7 Å². The molecule has 0 saturated heterocycles. The monoisotopic (exact) mass is 251 g/mol. The fourth-order valence-corrected chi connectivity index (χ4v) is 1.44. The maximum absolute atomic E-state index is 11.5. The van der Waals surface area contributed by atoms with Crippen molar-refractivity contribution in [3.63, 3.8) is 0 Å². The first kappa shape index (κ1) is 14.0. The summed E-state index contributed by atoms with van der Waals surface area (Å²) in [6, 6.07) is 2.27. The number of amides is 2. The number of carbonyl (C=O) groups excluding carboxylic acids is 1. The van der Waals surface area contributed by atoms with Crippen LogP contribution in [0.4, 0.5) is 4.79 Å². The molecule has 3 N–H and O–H groups in total. The first-order valence-corrected chi connectivity index (χ1v) is 5.79.